The Kier molecular flexibility index (Phi) is 6.14. The first-order valence-electron chi connectivity index (χ1n) is 6.95. The van der Waals surface area contributed by atoms with Crippen molar-refractivity contribution in [2.45, 2.75) is 43.3 Å². The first-order chi connectivity index (χ1) is 9.92. The van der Waals surface area contributed by atoms with E-state index in [4.69, 9.17) is 0 Å². The van der Waals surface area contributed by atoms with Gasteiger partial charge < -0.3 is 5.32 Å². The van der Waals surface area contributed by atoms with E-state index in [1.807, 2.05) is 25.3 Å². The summed E-state index contributed by atoms with van der Waals surface area (Å²) in [7, 11) is -3.48. The molecule has 1 unspecified atom stereocenters. The first-order valence-corrected chi connectivity index (χ1v) is 10.6. The zero-order valence-electron chi connectivity index (χ0n) is 12.2. The molecule has 0 aromatic heterocycles. The molecule has 0 radical (unpaired) electrons. The predicted molar refractivity (Wildman–Crippen MR) is 92.2 cm³/mol. The van der Waals surface area contributed by atoms with Crippen LogP contribution >= 0.6 is 27.7 Å². The Morgan fingerprint density at radius 3 is 2.71 bits per heavy atom. The van der Waals surface area contributed by atoms with Gasteiger partial charge in [-0.3, -0.25) is 0 Å². The van der Waals surface area contributed by atoms with Gasteiger partial charge in [0.2, 0.25) is 10.0 Å². The highest BCUT2D eigenvalue weighted by molar-refractivity contribution is 9.10. The summed E-state index contributed by atoms with van der Waals surface area (Å²) in [5.41, 5.74) is 1.09. The average Bonchev–Trinajstić information content (AvgIpc) is 3.19. The molecular formula is C14H21BrN2O2S2. The van der Waals surface area contributed by atoms with Crippen LogP contribution in [0.2, 0.25) is 0 Å². The van der Waals surface area contributed by atoms with Crippen LogP contribution in [-0.2, 0) is 16.6 Å². The fourth-order valence-corrected chi connectivity index (χ4v) is 5.09. The van der Waals surface area contributed by atoms with Crippen molar-refractivity contribution in [3.8, 4) is 0 Å². The molecule has 1 fully saturated rings. The summed E-state index contributed by atoms with van der Waals surface area (Å²) in [6, 6.07) is 5.97. The van der Waals surface area contributed by atoms with Gasteiger partial charge in [-0.2, -0.15) is 11.8 Å². The second-order valence-electron chi connectivity index (χ2n) is 5.40. The fourth-order valence-electron chi connectivity index (χ4n) is 2.03. The van der Waals surface area contributed by atoms with E-state index < -0.39 is 10.0 Å². The number of hydrogen-bond donors (Lipinski definition) is 2. The molecule has 1 aromatic carbocycles. The Morgan fingerprint density at radius 1 is 1.43 bits per heavy atom. The molecule has 1 aliphatic rings. The fraction of sp³-hybridized carbons (Fsp3) is 0.571. The third-order valence-electron chi connectivity index (χ3n) is 3.23. The summed E-state index contributed by atoms with van der Waals surface area (Å²) < 4.78 is 28.0. The van der Waals surface area contributed by atoms with Gasteiger partial charge in [0.05, 0.1) is 4.90 Å². The third-order valence-corrected chi connectivity index (χ3v) is 6.63. The first kappa shape index (κ1) is 17.3. The van der Waals surface area contributed by atoms with E-state index in [0.717, 1.165) is 17.9 Å². The van der Waals surface area contributed by atoms with E-state index in [1.54, 1.807) is 17.8 Å². The molecule has 7 heteroatoms. The Labute approximate surface area is 139 Å². The van der Waals surface area contributed by atoms with Crippen LogP contribution in [0.15, 0.2) is 27.6 Å². The van der Waals surface area contributed by atoms with E-state index >= 15 is 0 Å². The smallest absolute Gasteiger partial charge is 0.241 e. The van der Waals surface area contributed by atoms with E-state index in [2.05, 4.69) is 26.0 Å². The highest BCUT2D eigenvalue weighted by Crippen LogP contribution is 2.25. The van der Waals surface area contributed by atoms with Gasteiger partial charge in [-0.25, -0.2) is 13.1 Å². The van der Waals surface area contributed by atoms with Crippen molar-refractivity contribution in [3.63, 3.8) is 0 Å². The molecule has 2 rings (SSSR count). The van der Waals surface area contributed by atoms with Crippen molar-refractivity contribution in [2.24, 2.45) is 0 Å². The normalized spacial score (nSPS) is 16.9. The Balaban J connectivity index is 2.07. The number of benzene rings is 1. The third kappa shape index (κ3) is 5.25. The molecule has 4 nitrogen and oxygen atoms in total. The molecule has 1 aromatic rings. The molecule has 0 bridgehead atoms. The molecule has 0 aliphatic heterocycles. The summed E-state index contributed by atoms with van der Waals surface area (Å²) in [6.07, 6.45) is 4.44. The minimum atomic E-state index is -3.48. The Bertz CT molecular complexity index is 589. The second-order valence-corrected chi connectivity index (χ2v) is 8.85. The van der Waals surface area contributed by atoms with Crippen molar-refractivity contribution < 1.29 is 8.42 Å². The van der Waals surface area contributed by atoms with Crippen molar-refractivity contribution in [1.29, 1.82) is 0 Å². The second kappa shape index (κ2) is 7.46. The summed E-state index contributed by atoms with van der Waals surface area (Å²) in [5, 5.41) is 3.42. The van der Waals surface area contributed by atoms with Crippen LogP contribution < -0.4 is 10.0 Å². The van der Waals surface area contributed by atoms with Gasteiger partial charge in [0, 0.05) is 28.9 Å². The van der Waals surface area contributed by atoms with E-state index in [9.17, 15) is 8.42 Å². The lowest BCUT2D eigenvalue weighted by molar-refractivity contribution is 0.570. The van der Waals surface area contributed by atoms with Crippen LogP contribution in [0.1, 0.15) is 25.3 Å². The van der Waals surface area contributed by atoms with Gasteiger partial charge in [-0.1, -0.05) is 6.07 Å². The standard InChI is InChI=1S/C14H21BrN2O2S2/c1-10(9-20-2)17-21(18,19)14-6-3-11(7-13(14)15)8-16-12-4-5-12/h3,6-7,10,12,16-17H,4-5,8-9H2,1-2H3. The SMILES string of the molecule is CSCC(C)NS(=O)(=O)c1ccc(CNC2CC2)cc1Br. The van der Waals surface area contributed by atoms with Crippen LogP contribution in [0.3, 0.4) is 0 Å². The number of thioether (sulfide) groups is 1. The van der Waals surface area contributed by atoms with Crippen LogP contribution in [0.4, 0.5) is 0 Å². The topological polar surface area (TPSA) is 58.2 Å². The lowest BCUT2D eigenvalue weighted by Crippen LogP contribution is -2.34. The molecule has 0 amide bonds. The number of halogens is 1. The maximum atomic E-state index is 12.4. The molecule has 0 spiro atoms. The highest BCUT2D eigenvalue weighted by Gasteiger charge is 2.22. The van der Waals surface area contributed by atoms with Crippen molar-refractivity contribution >= 4 is 37.7 Å². The highest BCUT2D eigenvalue weighted by atomic mass is 79.9. The Morgan fingerprint density at radius 2 is 2.14 bits per heavy atom. The minimum Gasteiger partial charge on any atom is -0.310 e. The maximum absolute atomic E-state index is 12.4. The molecule has 1 atom stereocenters. The quantitative estimate of drug-likeness (QED) is 0.713. The molecule has 1 aliphatic carbocycles. The van der Waals surface area contributed by atoms with Crippen LogP contribution in [0, 0.1) is 0 Å². The van der Waals surface area contributed by atoms with Gasteiger partial charge in [0.25, 0.3) is 0 Å². The van der Waals surface area contributed by atoms with Crippen LogP contribution in [0.5, 0.6) is 0 Å². The number of rotatable bonds is 8. The summed E-state index contributed by atoms with van der Waals surface area (Å²) in [4.78, 5) is 0.297. The number of hydrogen-bond acceptors (Lipinski definition) is 4. The van der Waals surface area contributed by atoms with E-state index in [1.165, 1.54) is 12.8 Å². The molecule has 2 N–H and O–H groups in total. The van der Waals surface area contributed by atoms with E-state index in [0.29, 0.717) is 15.4 Å². The van der Waals surface area contributed by atoms with Crippen LogP contribution in [-0.4, -0.2) is 32.5 Å². The van der Waals surface area contributed by atoms with Crippen molar-refractivity contribution in [2.75, 3.05) is 12.0 Å². The van der Waals surface area contributed by atoms with Gasteiger partial charge in [0.1, 0.15) is 0 Å². The lowest BCUT2D eigenvalue weighted by Gasteiger charge is -2.14. The molecule has 0 saturated heterocycles. The molecule has 0 heterocycles. The predicted octanol–water partition coefficient (Wildman–Crippen LogP) is 2.73. The largest absolute Gasteiger partial charge is 0.310 e. The zero-order valence-corrected chi connectivity index (χ0v) is 15.4. The van der Waals surface area contributed by atoms with Gasteiger partial charge in [0.15, 0.2) is 0 Å². The molecule has 21 heavy (non-hydrogen) atoms. The van der Waals surface area contributed by atoms with E-state index in [-0.39, 0.29) is 6.04 Å². The van der Waals surface area contributed by atoms with Gasteiger partial charge >= 0.3 is 0 Å². The number of nitrogens with one attached hydrogen (secondary N) is 2. The maximum Gasteiger partial charge on any atom is 0.241 e. The molecule has 118 valence electrons. The van der Waals surface area contributed by atoms with Crippen molar-refractivity contribution in [1.82, 2.24) is 10.0 Å². The minimum absolute atomic E-state index is 0.0897. The summed E-state index contributed by atoms with van der Waals surface area (Å²) in [5.74, 6) is 0.750. The zero-order chi connectivity index (χ0) is 15.5. The van der Waals surface area contributed by atoms with Crippen molar-refractivity contribution in [3.05, 3.63) is 28.2 Å². The lowest BCUT2D eigenvalue weighted by atomic mass is 10.2. The summed E-state index contributed by atoms with van der Waals surface area (Å²) in [6.45, 7) is 2.65. The summed E-state index contributed by atoms with van der Waals surface area (Å²) >= 11 is 5.00. The average molecular weight is 393 g/mol. The monoisotopic (exact) mass is 392 g/mol. The van der Waals surface area contributed by atoms with Crippen LogP contribution in [0.25, 0.3) is 0 Å². The Hall–Kier alpha value is -0.0800. The molecule has 1 saturated carbocycles. The number of sulfonamides is 1. The van der Waals surface area contributed by atoms with Gasteiger partial charge in [-0.15, -0.1) is 0 Å². The molecular weight excluding hydrogens is 372 g/mol. The van der Waals surface area contributed by atoms with Gasteiger partial charge in [-0.05, 0) is 59.6 Å².